The van der Waals surface area contributed by atoms with Crippen molar-refractivity contribution in [3.63, 3.8) is 0 Å². The first-order chi connectivity index (χ1) is 23.7. The Balaban J connectivity index is 1.35. The van der Waals surface area contributed by atoms with Gasteiger partial charge in [-0.2, -0.15) is 0 Å². The lowest BCUT2D eigenvalue weighted by atomic mass is 10.0. The number of methoxy groups -OCH3 is 1. The number of amides is 2. The van der Waals surface area contributed by atoms with Crippen molar-refractivity contribution in [2.24, 2.45) is 0 Å². The lowest BCUT2D eigenvalue weighted by Gasteiger charge is -2.17. The van der Waals surface area contributed by atoms with E-state index >= 15 is 0 Å². The summed E-state index contributed by atoms with van der Waals surface area (Å²) in [6.45, 7) is 4.68. The highest BCUT2D eigenvalue weighted by Gasteiger charge is 2.23. The molecule has 4 aromatic rings. The van der Waals surface area contributed by atoms with E-state index in [4.69, 9.17) is 14.2 Å². The molecule has 0 radical (unpaired) electrons. The molecule has 0 spiro atoms. The third kappa shape index (κ3) is 11.0. The maximum absolute atomic E-state index is 13.1. The Kier molecular flexibility index (Phi) is 13.3. The second-order valence-corrected chi connectivity index (χ2v) is 11.6. The average Bonchev–Trinajstić information content (AvgIpc) is 3.10. The number of ether oxygens (including phenoxy) is 3. The Morgan fingerprint density at radius 1 is 0.755 bits per heavy atom. The van der Waals surface area contributed by atoms with Gasteiger partial charge in [0.15, 0.2) is 11.5 Å². The molecule has 10 nitrogen and oxygen atoms in total. The van der Waals surface area contributed by atoms with Crippen LogP contribution in [-0.4, -0.2) is 48.6 Å². The van der Waals surface area contributed by atoms with E-state index in [-0.39, 0.29) is 29.4 Å². The number of unbranched alkanes of at least 4 members (excludes halogenated alkanes) is 4. The normalized spacial score (nSPS) is 11.2. The van der Waals surface area contributed by atoms with Gasteiger partial charge in [-0.1, -0.05) is 62.4 Å². The summed E-state index contributed by atoms with van der Waals surface area (Å²) in [6.07, 6.45) is 5.63. The molecule has 0 aliphatic carbocycles. The van der Waals surface area contributed by atoms with Gasteiger partial charge >= 0.3 is 11.9 Å². The zero-order chi connectivity index (χ0) is 35.2. The van der Waals surface area contributed by atoms with E-state index in [1.54, 1.807) is 66.7 Å². The largest absolute Gasteiger partial charge is 0.494 e. The average molecular weight is 667 g/mol. The van der Waals surface area contributed by atoms with Crippen molar-refractivity contribution in [2.45, 2.75) is 58.4 Å². The number of carbonyl (C=O) groups is 4. The second kappa shape index (κ2) is 18.1. The summed E-state index contributed by atoms with van der Waals surface area (Å²) in [7, 11) is 1.41. The standard InChI is InChI=1S/C39H42N2O8/c1-4-5-6-7-8-21-48-32-18-16-28(17-19-32)39(46)49-34-20-15-27(24-35(34)47-3)23-33(38(44)45)41-37(43)30-13-10-14-31(25-30)40-36(42)29-12-9-11-26(2)22-29/h9-20,22,24-25,33H,4-8,21,23H2,1-3H3,(H,40,42)(H,41,43)(H,44,45). The molecule has 4 rings (SSSR count). The molecule has 2 amide bonds. The van der Waals surface area contributed by atoms with Crippen LogP contribution in [0.15, 0.2) is 91.0 Å². The fourth-order valence-electron chi connectivity index (χ4n) is 5.07. The van der Waals surface area contributed by atoms with Gasteiger partial charge in [0.05, 0.1) is 19.3 Å². The smallest absolute Gasteiger partial charge is 0.343 e. The highest BCUT2D eigenvalue weighted by atomic mass is 16.6. The molecule has 1 atom stereocenters. The SMILES string of the molecule is CCCCCCCOc1ccc(C(=O)Oc2ccc(CC(NC(=O)c3cccc(NC(=O)c4cccc(C)c4)c3)C(=O)O)cc2OC)cc1. The van der Waals surface area contributed by atoms with Crippen LogP contribution >= 0.6 is 0 Å². The summed E-state index contributed by atoms with van der Waals surface area (Å²) in [5.74, 6) is -1.74. The van der Waals surface area contributed by atoms with Crippen LogP contribution in [-0.2, 0) is 11.2 Å². The number of benzene rings is 4. The molecule has 0 aliphatic rings. The fraction of sp³-hybridized carbons (Fsp3) is 0.282. The number of carboxylic acids is 1. The molecule has 4 aromatic carbocycles. The molecule has 49 heavy (non-hydrogen) atoms. The minimum atomic E-state index is -1.28. The summed E-state index contributed by atoms with van der Waals surface area (Å²) in [6, 6.07) is 23.4. The minimum Gasteiger partial charge on any atom is -0.494 e. The van der Waals surface area contributed by atoms with E-state index in [1.807, 2.05) is 13.0 Å². The fourth-order valence-corrected chi connectivity index (χ4v) is 5.07. The molecular weight excluding hydrogens is 624 g/mol. The van der Waals surface area contributed by atoms with Gasteiger partial charge in [-0.25, -0.2) is 9.59 Å². The summed E-state index contributed by atoms with van der Waals surface area (Å²) in [4.78, 5) is 50.8. The number of carboxylic acid groups (broad SMARTS) is 1. The number of hydrogen-bond acceptors (Lipinski definition) is 7. The first-order valence-electron chi connectivity index (χ1n) is 16.3. The number of aliphatic carboxylic acids is 1. The molecule has 0 aliphatic heterocycles. The topological polar surface area (TPSA) is 140 Å². The molecule has 0 heterocycles. The van der Waals surface area contributed by atoms with Crippen LogP contribution in [0.2, 0.25) is 0 Å². The predicted octanol–water partition coefficient (Wildman–Crippen LogP) is 7.25. The van der Waals surface area contributed by atoms with E-state index < -0.39 is 23.9 Å². The summed E-state index contributed by atoms with van der Waals surface area (Å²) in [5, 5.41) is 15.2. The van der Waals surface area contributed by atoms with Gasteiger partial charge < -0.3 is 30.0 Å². The van der Waals surface area contributed by atoms with Crippen molar-refractivity contribution in [3.8, 4) is 17.2 Å². The van der Waals surface area contributed by atoms with E-state index in [0.29, 0.717) is 34.7 Å². The Hall–Kier alpha value is -5.64. The van der Waals surface area contributed by atoms with Gasteiger partial charge in [0.1, 0.15) is 11.8 Å². The molecular formula is C39H42N2O8. The van der Waals surface area contributed by atoms with E-state index in [1.165, 1.54) is 44.6 Å². The highest BCUT2D eigenvalue weighted by Crippen LogP contribution is 2.30. The van der Waals surface area contributed by atoms with Crippen molar-refractivity contribution >= 4 is 29.4 Å². The van der Waals surface area contributed by atoms with Gasteiger partial charge in [0, 0.05) is 23.2 Å². The number of hydrogen-bond donors (Lipinski definition) is 3. The highest BCUT2D eigenvalue weighted by molar-refractivity contribution is 6.05. The van der Waals surface area contributed by atoms with Crippen LogP contribution < -0.4 is 24.8 Å². The van der Waals surface area contributed by atoms with Crippen LogP contribution in [0.25, 0.3) is 0 Å². The van der Waals surface area contributed by atoms with Crippen molar-refractivity contribution in [2.75, 3.05) is 19.0 Å². The van der Waals surface area contributed by atoms with Gasteiger partial charge in [-0.15, -0.1) is 0 Å². The van der Waals surface area contributed by atoms with Crippen LogP contribution in [0.5, 0.6) is 17.2 Å². The van der Waals surface area contributed by atoms with E-state index in [0.717, 1.165) is 18.4 Å². The van der Waals surface area contributed by atoms with E-state index in [9.17, 15) is 24.3 Å². The third-order valence-electron chi connectivity index (χ3n) is 7.74. The number of anilines is 1. The molecule has 1 unspecified atom stereocenters. The zero-order valence-corrected chi connectivity index (χ0v) is 28.0. The Labute approximate surface area is 286 Å². The number of rotatable bonds is 17. The molecule has 256 valence electrons. The maximum Gasteiger partial charge on any atom is 0.343 e. The van der Waals surface area contributed by atoms with E-state index in [2.05, 4.69) is 17.6 Å². The summed E-state index contributed by atoms with van der Waals surface area (Å²) >= 11 is 0. The van der Waals surface area contributed by atoms with Gasteiger partial charge in [-0.05, 0) is 85.6 Å². The van der Waals surface area contributed by atoms with Gasteiger partial charge in [0.2, 0.25) is 0 Å². The van der Waals surface area contributed by atoms with Crippen LogP contribution in [0.1, 0.15) is 81.2 Å². The minimum absolute atomic E-state index is 0.0739. The van der Waals surface area contributed by atoms with Crippen LogP contribution in [0.3, 0.4) is 0 Å². The zero-order valence-electron chi connectivity index (χ0n) is 28.0. The van der Waals surface area contributed by atoms with Crippen LogP contribution in [0.4, 0.5) is 5.69 Å². The van der Waals surface area contributed by atoms with Crippen molar-refractivity contribution in [1.82, 2.24) is 5.32 Å². The molecule has 0 fully saturated rings. The summed E-state index contributed by atoms with van der Waals surface area (Å²) < 4.78 is 16.8. The molecule has 10 heteroatoms. The Bertz CT molecular complexity index is 1750. The van der Waals surface area contributed by atoms with Gasteiger partial charge in [-0.3, -0.25) is 9.59 Å². The van der Waals surface area contributed by atoms with Gasteiger partial charge in [0.25, 0.3) is 11.8 Å². The molecule has 0 bridgehead atoms. The number of aryl methyl sites for hydroxylation is 1. The number of carbonyl (C=O) groups excluding carboxylic acids is 3. The molecule has 3 N–H and O–H groups in total. The number of nitrogens with one attached hydrogen (secondary N) is 2. The third-order valence-corrected chi connectivity index (χ3v) is 7.74. The quantitative estimate of drug-likeness (QED) is 0.0608. The lowest BCUT2D eigenvalue weighted by molar-refractivity contribution is -0.139. The molecule has 0 saturated carbocycles. The van der Waals surface area contributed by atoms with Crippen molar-refractivity contribution < 1.29 is 38.5 Å². The number of esters is 1. The lowest BCUT2D eigenvalue weighted by Crippen LogP contribution is -2.42. The first-order valence-corrected chi connectivity index (χ1v) is 16.3. The maximum atomic E-state index is 13.1. The Morgan fingerprint density at radius 2 is 1.47 bits per heavy atom. The first kappa shape index (κ1) is 36.2. The van der Waals surface area contributed by atoms with Crippen molar-refractivity contribution in [1.29, 1.82) is 0 Å². The molecule has 0 saturated heterocycles. The second-order valence-electron chi connectivity index (χ2n) is 11.6. The van der Waals surface area contributed by atoms with Crippen LogP contribution in [0, 0.1) is 6.92 Å². The predicted molar refractivity (Wildman–Crippen MR) is 187 cm³/mol. The molecule has 0 aromatic heterocycles. The van der Waals surface area contributed by atoms with Crippen molar-refractivity contribution in [3.05, 3.63) is 119 Å². The Morgan fingerprint density at radius 3 is 2.16 bits per heavy atom. The summed E-state index contributed by atoms with van der Waals surface area (Å²) in [5.41, 5.74) is 2.83. The monoisotopic (exact) mass is 666 g/mol.